The van der Waals surface area contributed by atoms with E-state index in [1.54, 1.807) is 18.2 Å². The second-order valence-corrected chi connectivity index (χ2v) is 17.8. The summed E-state index contributed by atoms with van der Waals surface area (Å²) in [6.45, 7) is 6.85. The third kappa shape index (κ3) is 8.77. The molecule has 328 valence electrons. The van der Waals surface area contributed by atoms with Gasteiger partial charge in [0.15, 0.2) is 11.2 Å². The van der Waals surface area contributed by atoms with E-state index in [9.17, 15) is 37.6 Å². The normalized spacial score (nSPS) is 24.1. The Morgan fingerprint density at radius 2 is 1.77 bits per heavy atom. The van der Waals surface area contributed by atoms with Crippen LogP contribution in [0, 0.1) is 11.3 Å². The van der Waals surface area contributed by atoms with Crippen molar-refractivity contribution in [3.05, 3.63) is 70.5 Å². The summed E-state index contributed by atoms with van der Waals surface area (Å²) in [4.78, 5) is 62.6. The van der Waals surface area contributed by atoms with Crippen molar-refractivity contribution in [1.29, 1.82) is 5.26 Å². The molecule has 5 aliphatic rings. The number of imide groups is 1. The van der Waals surface area contributed by atoms with Gasteiger partial charge in [0.25, 0.3) is 5.91 Å². The van der Waals surface area contributed by atoms with Crippen molar-refractivity contribution in [3.8, 4) is 11.8 Å². The van der Waals surface area contributed by atoms with Gasteiger partial charge >= 0.3 is 6.18 Å². The number of aromatic nitrogens is 1. The number of anilines is 4. The van der Waals surface area contributed by atoms with Crippen LogP contribution >= 0.6 is 24.2 Å². The Morgan fingerprint density at radius 3 is 2.42 bits per heavy atom. The molecule has 4 atom stereocenters. The highest BCUT2D eigenvalue weighted by atomic mass is 35.5. The van der Waals surface area contributed by atoms with E-state index in [4.69, 9.17) is 29.0 Å². The summed E-state index contributed by atoms with van der Waals surface area (Å²) in [5.74, 6) is -0.239. The minimum absolute atomic E-state index is 0.0609. The number of piperidine rings is 1. The van der Waals surface area contributed by atoms with Gasteiger partial charge < -0.3 is 20.3 Å². The first-order chi connectivity index (χ1) is 29.5. The monoisotopic (exact) mass is 893 g/mol. The van der Waals surface area contributed by atoms with Gasteiger partial charge in [0.2, 0.25) is 17.7 Å². The maximum Gasteiger partial charge on any atom is 0.419 e. The second kappa shape index (κ2) is 17.2. The molecule has 4 heterocycles. The maximum atomic E-state index is 14.1. The number of amides is 4. The van der Waals surface area contributed by atoms with Gasteiger partial charge in [-0.2, -0.15) is 18.4 Å². The van der Waals surface area contributed by atoms with Crippen molar-refractivity contribution in [2.24, 2.45) is 0 Å². The highest BCUT2D eigenvalue weighted by Crippen LogP contribution is 2.52. The highest BCUT2D eigenvalue weighted by Gasteiger charge is 2.60. The molecule has 3 aromatic rings. The molecule has 2 aromatic carbocycles. The van der Waals surface area contributed by atoms with Crippen LogP contribution in [0.4, 0.5) is 35.9 Å². The SMILES string of the molecule is C[C@@H]1CN(CCOc2ccc(N3C(S)N(c4cnc(C#N)c(C(F)(F)F)c4)C(=O)C34CCC4)cc2C2CC2)C[C@H](C)N1CC(=O)Nc1cc(Cl)cc(NC2CCC(=O)NC2=O)c1. The number of nitrogens with one attached hydrogen (secondary N) is 3. The van der Waals surface area contributed by atoms with E-state index in [2.05, 4.69) is 44.6 Å². The van der Waals surface area contributed by atoms with Crippen LogP contribution < -0.4 is 30.5 Å². The van der Waals surface area contributed by atoms with Gasteiger partial charge in [-0.15, -0.1) is 12.6 Å². The summed E-state index contributed by atoms with van der Waals surface area (Å²) < 4.78 is 48.1. The third-order valence-electron chi connectivity index (χ3n) is 12.5. The molecule has 0 radical (unpaired) electrons. The summed E-state index contributed by atoms with van der Waals surface area (Å²) in [5, 5.41) is 18.0. The number of alkyl halides is 3. The van der Waals surface area contributed by atoms with Gasteiger partial charge in [0.1, 0.15) is 30.0 Å². The van der Waals surface area contributed by atoms with Crippen LogP contribution in [0.3, 0.4) is 0 Å². The molecule has 1 aromatic heterocycles. The summed E-state index contributed by atoms with van der Waals surface area (Å²) in [5.41, 5.74) is -1.13. The zero-order chi connectivity index (χ0) is 44.1. The molecule has 3 N–H and O–H groups in total. The van der Waals surface area contributed by atoms with Crippen molar-refractivity contribution >= 4 is 70.6 Å². The Labute approximate surface area is 367 Å². The lowest BCUT2D eigenvalue weighted by Crippen LogP contribution is -2.58. The molecule has 8 rings (SSSR count). The summed E-state index contributed by atoms with van der Waals surface area (Å²) in [6, 6.07) is 12.6. The fraction of sp³-hybridized carbons (Fsp3) is 0.488. The number of nitriles is 1. The van der Waals surface area contributed by atoms with Crippen LogP contribution in [0.15, 0.2) is 48.7 Å². The van der Waals surface area contributed by atoms with Crippen molar-refractivity contribution in [1.82, 2.24) is 20.1 Å². The van der Waals surface area contributed by atoms with Crippen LogP contribution in [0.25, 0.3) is 0 Å². The highest BCUT2D eigenvalue weighted by molar-refractivity contribution is 7.81. The van der Waals surface area contributed by atoms with E-state index in [1.165, 1.54) is 11.0 Å². The number of pyridine rings is 1. The largest absolute Gasteiger partial charge is 0.492 e. The predicted molar refractivity (Wildman–Crippen MR) is 229 cm³/mol. The number of carbonyl (C=O) groups excluding carboxylic acids is 4. The molecule has 2 unspecified atom stereocenters. The quantitative estimate of drug-likeness (QED) is 0.122. The van der Waals surface area contributed by atoms with Crippen molar-refractivity contribution in [3.63, 3.8) is 0 Å². The van der Waals surface area contributed by atoms with Gasteiger partial charge in [-0.1, -0.05) is 11.6 Å². The number of carbonyl (C=O) groups is 4. The summed E-state index contributed by atoms with van der Waals surface area (Å²) in [6.07, 6.45) is 0.679. The zero-order valence-corrected chi connectivity index (χ0v) is 35.8. The number of hydrogen-bond donors (Lipinski definition) is 4. The number of hydrogen-bond acceptors (Lipinski definition) is 12. The molecule has 2 saturated carbocycles. The number of benzene rings is 2. The van der Waals surface area contributed by atoms with E-state index in [1.807, 2.05) is 23.1 Å². The van der Waals surface area contributed by atoms with Crippen LogP contribution in [-0.4, -0.2) is 100 Å². The Hall–Kier alpha value is -5.09. The lowest BCUT2D eigenvalue weighted by atomic mass is 9.75. The molecular weight excluding hydrogens is 847 g/mol. The van der Waals surface area contributed by atoms with E-state index in [0.29, 0.717) is 48.8 Å². The van der Waals surface area contributed by atoms with E-state index >= 15 is 0 Å². The van der Waals surface area contributed by atoms with Gasteiger partial charge in [-0.25, -0.2) is 4.98 Å². The topological polar surface area (TPSA) is 163 Å². The average molecular weight is 894 g/mol. The second-order valence-electron chi connectivity index (χ2n) is 16.9. The van der Waals surface area contributed by atoms with Gasteiger partial charge in [0.05, 0.1) is 24.0 Å². The predicted octanol–water partition coefficient (Wildman–Crippen LogP) is 6.12. The molecule has 4 amide bonds. The Balaban J connectivity index is 0.880. The lowest BCUT2D eigenvalue weighted by molar-refractivity contribution is -0.138. The van der Waals surface area contributed by atoms with Crippen molar-refractivity contribution < 1.29 is 37.1 Å². The van der Waals surface area contributed by atoms with Gasteiger partial charge in [0, 0.05) is 60.2 Å². The lowest BCUT2D eigenvalue weighted by Gasteiger charge is -2.45. The van der Waals surface area contributed by atoms with E-state index in [-0.39, 0.29) is 54.4 Å². The van der Waals surface area contributed by atoms with Gasteiger partial charge in [-0.05, 0) is 106 Å². The molecular formula is C43H47ClF3N9O5S. The number of piperazine rings is 1. The van der Waals surface area contributed by atoms with Crippen molar-refractivity contribution in [2.75, 3.05) is 53.2 Å². The number of thiol groups is 1. The molecule has 1 spiro atoms. The molecule has 3 saturated heterocycles. The number of ether oxygens (including phenoxy) is 1. The van der Waals surface area contributed by atoms with Gasteiger partial charge in [-0.3, -0.25) is 39.2 Å². The molecule has 0 bridgehead atoms. The Bertz CT molecular complexity index is 2310. The maximum absolute atomic E-state index is 14.1. The molecule has 19 heteroatoms. The first-order valence-corrected chi connectivity index (χ1v) is 21.7. The molecule has 62 heavy (non-hydrogen) atoms. The van der Waals surface area contributed by atoms with Crippen molar-refractivity contribution in [2.45, 2.75) is 100 Å². The van der Waals surface area contributed by atoms with E-state index in [0.717, 1.165) is 61.6 Å². The smallest absolute Gasteiger partial charge is 0.419 e. The first-order valence-electron chi connectivity index (χ1n) is 20.8. The molecule has 2 aliphatic carbocycles. The minimum Gasteiger partial charge on any atom is -0.492 e. The molecule has 14 nitrogen and oxygen atoms in total. The fourth-order valence-corrected chi connectivity index (χ4v) is 10.0. The number of nitrogens with zero attached hydrogens (tertiary/aromatic N) is 6. The standard InChI is InChI=1S/C43H47ClF3N9O5S/c1-24-21-53(22-25(2)54(24)23-38(58)51-29-15-27(44)14-28(16-29)50-34-7-9-37(57)52-39(34)59)12-13-61-36-8-6-30(17-32(36)26-4-5-26)56-41(62)55(40(60)42(56)10-3-11-42)31-18-33(43(45,46)47)35(19-48)49-20-31/h6,8,14-18,20,24-26,34,41,50,62H,3-5,7,9-13,21-23H2,1-2H3,(H,51,58)(H,52,57,59)/t24-,25+,34?,41?. The van der Waals surface area contributed by atoms with Crippen LogP contribution in [0.5, 0.6) is 5.75 Å². The van der Waals surface area contributed by atoms with E-state index < -0.39 is 40.4 Å². The Kier molecular flexibility index (Phi) is 12.1. The fourth-order valence-electron chi connectivity index (χ4n) is 9.18. The summed E-state index contributed by atoms with van der Waals surface area (Å²) in [7, 11) is 0. The molecule has 3 aliphatic heterocycles. The minimum atomic E-state index is -4.83. The Morgan fingerprint density at radius 1 is 1.05 bits per heavy atom. The third-order valence-corrected chi connectivity index (χ3v) is 13.2. The molecule has 5 fully saturated rings. The van der Waals surface area contributed by atoms with Crippen LogP contribution in [-0.2, 0) is 25.4 Å². The first kappa shape index (κ1) is 43.6. The van der Waals surface area contributed by atoms with Crippen LogP contribution in [0.2, 0.25) is 5.02 Å². The average Bonchev–Trinajstić information content (AvgIpc) is 4.01. The van der Waals surface area contributed by atoms with Crippen LogP contribution in [0.1, 0.15) is 81.5 Å². The number of rotatable bonds is 12. The summed E-state index contributed by atoms with van der Waals surface area (Å²) >= 11 is 11.2. The number of halogens is 4. The zero-order valence-electron chi connectivity index (χ0n) is 34.2.